The van der Waals surface area contributed by atoms with Gasteiger partial charge in [-0.3, -0.25) is 14.5 Å². The summed E-state index contributed by atoms with van der Waals surface area (Å²) in [5, 5.41) is 3.04. The van der Waals surface area contributed by atoms with Gasteiger partial charge in [-0.15, -0.1) is 0 Å². The summed E-state index contributed by atoms with van der Waals surface area (Å²) in [7, 11) is 0. The lowest BCUT2D eigenvalue weighted by molar-refractivity contribution is -0.137. The standard InChI is InChI=1S/C22H32N2O2/c1-2-3-4-5-6-7-8-9-10-14-17-24-21(25)18-20(22(24)26)23-19-15-12-11-13-16-19/h11-13,15-16,18,23H,2-10,14,17H2,1H3. The zero-order valence-electron chi connectivity index (χ0n) is 16.0. The molecule has 0 aliphatic carbocycles. The molecule has 1 heterocycles. The first-order valence-electron chi connectivity index (χ1n) is 10.1. The highest BCUT2D eigenvalue weighted by Gasteiger charge is 2.30. The number of unbranched alkanes of at least 4 members (excludes halogenated alkanes) is 9. The molecule has 26 heavy (non-hydrogen) atoms. The van der Waals surface area contributed by atoms with Gasteiger partial charge in [-0.05, 0) is 18.6 Å². The third-order valence-corrected chi connectivity index (χ3v) is 4.80. The molecule has 0 unspecified atom stereocenters. The zero-order chi connectivity index (χ0) is 18.6. The van der Waals surface area contributed by atoms with Gasteiger partial charge in [-0.2, -0.15) is 0 Å². The maximum absolute atomic E-state index is 12.4. The molecule has 0 fully saturated rings. The number of para-hydroxylation sites is 1. The maximum Gasteiger partial charge on any atom is 0.277 e. The smallest absolute Gasteiger partial charge is 0.277 e. The van der Waals surface area contributed by atoms with Gasteiger partial charge in [0.05, 0.1) is 0 Å². The molecule has 1 N–H and O–H groups in total. The van der Waals surface area contributed by atoms with Crippen LogP contribution in [-0.2, 0) is 9.59 Å². The Balaban J connectivity index is 1.59. The summed E-state index contributed by atoms with van der Waals surface area (Å²) in [4.78, 5) is 25.8. The number of carbonyl (C=O) groups excluding carboxylic acids is 2. The number of hydrogen-bond donors (Lipinski definition) is 1. The van der Waals surface area contributed by atoms with E-state index in [0.29, 0.717) is 12.2 Å². The minimum atomic E-state index is -0.213. The van der Waals surface area contributed by atoms with E-state index in [2.05, 4.69) is 12.2 Å². The molecule has 2 amide bonds. The molecule has 1 aliphatic heterocycles. The van der Waals surface area contributed by atoms with Crippen LogP contribution < -0.4 is 5.32 Å². The van der Waals surface area contributed by atoms with Crippen molar-refractivity contribution in [2.75, 3.05) is 11.9 Å². The topological polar surface area (TPSA) is 49.4 Å². The van der Waals surface area contributed by atoms with Gasteiger partial charge in [-0.1, -0.05) is 82.9 Å². The number of rotatable bonds is 13. The van der Waals surface area contributed by atoms with E-state index in [1.807, 2.05) is 30.3 Å². The fraction of sp³-hybridized carbons (Fsp3) is 0.545. The molecule has 4 nitrogen and oxygen atoms in total. The monoisotopic (exact) mass is 356 g/mol. The van der Waals surface area contributed by atoms with Crippen molar-refractivity contribution in [1.29, 1.82) is 0 Å². The molecule has 0 radical (unpaired) electrons. The Hall–Kier alpha value is -2.10. The molecule has 0 saturated carbocycles. The Morgan fingerprint density at radius 2 is 1.38 bits per heavy atom. The lowest BCUT2D eigenvalue weighted by Crippen LogP contribution is -2.33. The first-order valence-corrected chi connectivity index (χ1v) is 10.1. The van der Waals surface area contributed by atoms with Crippen LogP contribution in [0.2, 0.25) is 0 Å². The number of benzene rings is 1. The Morgan fingerprint density at radius 3 is 2.00 bits per heavy atom. The highest BCUT2D eigenvalue weighted by atomic mass is 16.2. The van der Waals surface area contributed by atoms with Crippen LogP contribution in [0, 0.1) is 0 Å². The molecule has 142 valence electrons. The summed E-state index contributed by atoms with van der Waals surface area (Å²) in [5.41, 5.74) is 1.19. The number of imide groups is 1. The Kier molecular flexibility index (Phi) is 8.94. The fourth-order valence-electron chi connectivity index (χ4n) is 3.24. The molecule has 0 spiro atoms. The van der Waals surface area contributed by atoms with Crippen LogP contribution in [0.25, 0.3) is 0 Å². The van der Waals surface area contributed by atoms with Crippen molar-refractivity contribution in [3.05, 3.63) is 42.1 Å². The summed E-state index contributed by atoms with van der Waals surface area (Å²) in [6.07, 6.45) is 13.8. The number of nitrogens with zero attached hydrogens (tertiary/aromatic N) is 1. The number of nitrogens with one attached hydrogen (secondary N) is 1. The second-order valence-corrected chi connectivity index (χ2v) is 7.03. The fourth-order valence-corrected chi connectivity index (χ4v) is 3.24. The summed E-state index contributed by atoms with van der Waals surface area (Å²) in [5.74, 6) is -0.417. The molecule has 1 aromatic carbocycles. The average Bonchev–Trinajstić information content (AvgIpc) is 2.91. The lowest BCUT2D eigenvalue weighted by Gasteiger charge is -2.15. The SMILES string of the molecule is CCCCCCCCCCCCN1C(=O)C=C(Nc2ccccc2)C1=O. The second kappa shape index (κ2) is 11.5. The van der Waals surface area contributed by atoms with E-state index in [9.17, 15) is 9.59 Å². The van der Waals surface area contributed by atoms with Crippen LogP contribution in [0.4, 0.5) is 5.69 Å². The number of hydrogen-bond acceptors (Lipinski definition) is 3. The lowest BCUT2D eigenvalue weighted by atomic mass is 10.1. The van der Waals surface area contributed by atoms with Crippen LogP contribution in [0.15, 0.2) is 42.1 Å². The van der Waals surface area contributed by atoms with Crippen molar-refractivity contribution in [2.24, 2.45) is 0 Å². The van der Waals surface area contributed by atoms with Gasteiger partial charge in [0, 0.05) is 18.3 Å². The average molecular weight is 357 g/mol. The third kappa shape index (κ3) is 6.66. The molecule has 2 rings (SSSR count). The highest BCUT2D eigenvalue weighted by Crippen LogP contribution is 2.18. The van der Waals surface area contributed by atoms with Gasteiger partial charge >= 0.3 is 0 Å². The van der Waals surface area contributed by atoms with E-state index in [-0.39, 0.29) is 11.8 Å². The Morgan fingerprint density at radius 1 is 0.808 bits per heavy atom. The molecule has 0 atom stereocenters. The van der Waals surface area contributed by atoms with E-state index in [0.717, 1.165) is 18.5 Å². The Bertz CT molecular complexity index is 595. The molecule has 0 saturated heterocycles. The number of carbonyl (C=O) groups is 2. The first-order chi connectivity index (χ1) is 12.7. The minimum absolute atomic E-state index is 0.204. The van der Waals surface area contributed by atoms with E-state index in [1.54, 1.807) is 0 Å². The zero-order valence-corrected chi connectivity index (χ0v) is 16.0. The summed E-state index contributed by atoms with van der Waals surface area (Å²) < 4.78 is 0. The highest BCUT2D eigenvalue weighted by molar-refractivity contribution is 6.17. The normalized spacial score (nSPS) is 14.0. The quantitative estimate of drug-likeness (QED) is 0.387. The van der Waals surface area contributed by atoms with Crippen LogP contribution in [-0.4, -0.2) is 23.3 Å². The van der Waals surface area contributed by atoms with Gasteiger partial charge in [0.2, 0.25) is 0 Å². The molecular formula is C22H32N2O2. The van der Waals surface area contributed by atoms with E-state index < -0.39 is 0 Å². The van der Waals surface area contributed by atoms with Crippen molar-refractivity contribution in [1.82, 2.24) is 4.90 Å². The third-order valence-electron chi connectivity index (χ3n) is 4.80. The van der Waals surface area contributed by atoms with Gasteiger partial charge in [0.25, 0.3) is 11.8 Å². The summed E-state index contributed by atoms with van der Waals surface area (Å²) in [6.45, 7) is 2.76. The summed E-state index contributed by atoms with van der Waals surface area (Å²) in [6, 6.07) is 9.46. The van der Waals surface area contributed by atoms with Gasteiger partial charge in [0.1, 0.15) is 5.70 Å². The van der Waals surface area contributed by atoms with Crippen molar-refractivity contribution in [2.45, 2.75) is 71.1 Å². The predicted molar refractivity (Wildman–Crippen MR) is 107 cm³/mol. The van der Waals surface area contributed by atoms with E-state index >= 15 is 0 Å². The van der Waals surface area contributed by atoms with Gasteiger partial charge < -0.3 is 5.32 Å². The molecule has 0 bridgehead atoms. The molecule has 0 aromatic heterocycles. The first kappa shape index (κ1) is 20.2. The van der Waals surface area contributed by atoms with Gasteiger partial charge in [0.15, 0.2) is 0 Å². The van der Waals surface area contributed by atoms with Crippen LogP contribution >= 0.6 is 0 Å². The van der Waals surface area contributed by atoms with Crippen LogP contribution in [0.3, 0.4) is 0 Å². The maximum atomic E-state index is 12.4. The van der Waals surface area contributed by atoms with E-state index in [4.69, 9.17) is 0 Å². The van der Waals surface area contributed by atoms with Crippen LogP contribution in [0.5, 0.6) is 0 Å². The van der Waals surface area contributed by atoms with Crippen molar-refractivity contribution in [3.8, 4) is 0 Å². The predicted octanol–water partition coefficient (Wildman–Crippen LogP) is 5.27. The molecule has 1 aromatic rings. The largest absolute Gasteiger partial charge is 0.351 e. The van der Waals surface area contributed by atoms with Crippen molar-refractivity contribution >= 4 is 17.5 Å². The molecular weight excluding hydrogens is 324 g/mol. The Labute approximate surface area is 157 Å². The van der Waals surface area contributed by atoms with Crippen molar-refractivity contribution < 1.29 is 9.59 Å². The molecule has 4 heteroatoms. The summed E-state index contributed by atoms with van der Waals surface area (Å²) >= 11 is 0. The van der Waals surface area contributed by atoms with Crippen molar-refractivity contribution in [3.63, 3.8) is 0 Å². The number of anilines is 1. The molecule has 1 aliphatic rings. The van der Waals surface area contributed by atoms with Gasteiger partial charge in [-0.25, -0.2) is 0 Å². The van der Waals surface area contributed by atoms with E-state index in [1.165, 1.54) is 62.3 Å². The second-order valence-electron chi connectivity index (χ2n) is 7.03. The minimum Gasteiger partial charge on any atom is -0.351 e. The number of amides is 2. The van der Waals surface area contributed by atoms with Crippen LogP contribution in [0.1, 0.15) is 71.1 Å².